The van der Waals surface area contributed by atoms with Crippen LogP contribution in [0.1, 0.15) is 30.1 Å². The summed E-state index contributed by atoms with van der Waals surface area (Å²) in [5.74, 6) is 1.87. The molecule has 1 aliphatic carbocycles. The zero-order valence-electron chi connectivity index (χ0n) is 10.5. The van der Waals surface area contributed by atoms with E-state index in [-0.39, 0.29) is 0 Å². The lowest BCUT2D eigenvalue weighted by atomic mass is 10.2. The number of fused-ring (bicyclic) bond motifs is 1. The summed E-state index contributed by atoms with van der Waals surface area (Å²) in [7, 11) is 0. The normalized spacial score (nSPS) is 15.2. The standard InChI is InChI=1S/C15H15N3S/c16-12-3-4-14-13(7-12)17-15(11-1-2-11)18(14)8-10-5-6-19-9-10/h3-7,9,11H,1-2,8,16H2. The van der Waals surface area contributed by atoms with Crippen molar-refractivity contribution in [1.82, 2.24) is 9.55 Å². The number of imidazole rings is 1. The Hall–Kier alpha value is -1.81. The minimum absolute atomic E-state index is 0.646. The van der Waals surface area contributed by atoms with E-state index in [0.717, 1.165) is 17.7 Å². The average molecular weight is 269 g/mol. The van der Waals surface area contributed by atoms with E-state index in [1.807, 2.05) is 12.1 Å². The maximum absolute atomic E-state index is 5.86. The first-order chi connectivity index (χ1) is 9.31. The molecule has 3 aromatic rings. The zero-order chi connectivity index (χ0) is 12.8. The van der Waals surface area contributed by atoms with Gasteiger partial charge >= 0.3 is 0 Å². The molecule has 1 fully saturated rings. The number of nitrogens with zero attached hydrogens (tertiary/aromatic N) is 2. The fourth-order valence-corrected chi connectivity index (χ4v) is 3.21. The molecule has 1 aromatic carbocycles. The average Bonchev–Trinajstić information content (AvgIpc) is 3.00. The molecule has 96 valence electrons. The van der Waals surface area contributed by atoms with Gasteiger partial charge in [0.25, 0.3) is 0 Å². The van der Waals surface area contributed by atoms with Crippen LogP contribution < -0.4 is 5.73 Å². The van der Waals surface area contributed by atoms with Gasteiger partial charge in [0.2, 0.25) is 0 Å². The highest BCUT2D eigenvalue weighted by molar-refractivity contribution is 7.07. The van der Waals surface area contributed by atoms with Crippen LogP contribution in [0.2, 0.25) is 0 Å². The van der Waals surface area contributed by atoms with Crippen LogP contribution in [0.15, 0.2) is 35.0 Å². The first-order valence-corrected chi connectivity index (χ1v) is 7.52. The van der Waals surface area contributed by atoms with Crippen LogP contribution in [0.5, 0.6) is 0 Å². The van der Waals surface area contributed by atoms with Gasteiger partial charge in [-0.2, -0.15) is 11.3 Å². The predicted molar refractivity (Wildman–Crippen MR) is 79.5 cm³/mol. The van der Waals surface area contributed by atoms with Crippen LogP contribution in [0.3, 0.4) is 0 Å². The molecule has 0 atom stereocenters. The van der Waals surface area contributed by atoms with E-state index in [2.05, 4.69) is 27.5 Å². The van der Waals surface area contributed by atoms with Gasteiger partial charge in [0, 0.05) is 11.6 Å². The van der Waals surface area contributed by atoms with Crippen molar-refractivity contribution in [2.45, 2.75) is 25.3 Å². The summed E-state index contributed by atoms with van der Waals surface area (Å²) >= 11 is 1.75. The number of aromatic nitrogens is 2. The Morgan fingerprint density at radius 3 is 2.95 bits per heavy atom. The summed E-state index contributed by atoms with van der Waals surface area (Å²) in [4.78, 5) is 4.80. The lowest BCUT2D eigenvalue weighted by molar-refractivity contribution is 0.749. The van der Waals surface area contributed by atoms with Crippen LogP contribution in [-0.2, 0) is 6.54 Å². The molecule has 1 saturated carbocycles. The van der Waals surface area contributed by atoms with Crippen molar-refractivity contribution in [2.24, 2.45) is 0 Å². The Morgan fingerprint density at radius 1 is 1.32 bits per heavy atom. The lowest BCUT2D eigenvalue weighted by Gasteiger charge is -2.07. The molecule has 19 heavy (non-hydrogen) atoms. The molecule has 0 spiro atoms. The van der Waals surface area contributed by atoms with Gasteiger partial charge in [-0.3, -0.25) is 0 Å². The van der Waals surface area contributed by atoms with E-state index in [4.69, 9.17) is 10.7 Å². The number of hydrogen-bond donors (Lipinski definition) is 1. The van der Waals surface area contributed by atoms with Gasteiger partial charge in [0.05, 0.1) is 17.6 Å². The second kappa shape index (κ2) is 4.10. The number of thiophene rings is 1. The van der Waals surface area contributed by atoms with Crippen LogP contribution in [0.25, 0.3) is 11.0 Å². The van der Waals surface area contributed by atoms with Crippen LogP contribution in [-0.4, -0.2) is 9.55 Å². The summed E-state index contributed by atoms with van der Waals surface area (Å²) in [6.07, 6.45) is 2.53. The summed E-state index contributed by atoms with van der Waals surface area (Å²) in [6, 6.07) is 8.22. The van der Waals surface area contributed by atoms with Crippen LogP contribution in [0.4, 0.5) is 5.69 Å². The Bertz CT molecular complexity index is 723. The number of benzene rings is 1. The Kier molecular flexibility index (Phi) is 2.38. The Labute approximate surface area is 115 Å². The first kappa shape index (κ1) is 11.1. The number of anilines is 1. The molecule has 0 saturated heterocycles. The highest BCUT2D eigenvalue weighted by atomic mass is 32.1. The van der Waals surface area contributed by atoms with Crippen molar-refractivity contribution in [3.05, 3.63) is 46.4 Å². The maximum Gasteiger partial charge on any atom is 0.113 e. The smallest absolute Gasteiger partial charge is 0.113 e. The summed E-state index contributed by atoms with van der Waals surface area (Å²) < 4.78 is 2.36. The van der Waals surface area contributed by atoms with E-state index in [1.54, 1.807) is 11.3 Å². The van der Waals surface area contributed by atoms with Gasteiger partial charge in [-0.05, 0) is 53.4 Å². The zero-order valence-corrected chi connectivity index (χ0v) is 11.4. The van der Waals surface area contributed by atoms with Crippen molar-refractivity contribution in [3.63, 3.8) is 0 Å². The fourth-order valence-electron chi connectivity index (χ4n) is 2.55. The highest BCUT2D eigenvalue weighted by Gasteiger charge is 2.29. The maximum atomic E-state index is 5.86. The Morgan fingerprint density at radius 2 is 2.21 bits per heavy atom. The molecule has 2 heterocycles. The number of rotatable bonds is 3. The van der Waals surface area contributed by atoms with Gasteiger partial charge in [0.15, 0.2) is 0 Å². The second-order valence-electron chi connectivity index (χ2n) is 5.21. The molecular formula is C15H15N3S. The monoisotopic (exact) mass is 269 g/mol. The molecule has 2 aromatic heterocycles. The second-order valence-corrected chi connectivity index (χ2v) is 5.99. The minimum Gasteiger partial charge on any atom is -0.399 e. The number of nitrogen functional groups attached to an aromatic ring is 1. The van der Waals surface area contributed by atoms with Crippen LogP contribution in [0, 0.1) is 0 Å². The van der Waals surface area contributed by atoms with Gasteiger partial charge in [-0.25, -0.2) is 4.98 Å². The van der Waals surface area contributed by atoms with Crippen molar-refractivity contribution in [3.8, 4) is 0 Å². The van der Waals surface area contributed by atoms with E-state index in [9.17, 15) is 0 Å². The summed E-state index contributed by atoms with van der Waals surface area (Å²) in [6.45, 7) is 0.912. The van der Waals surface area contributed by atoms with Crippen molar-refractivity contribution in [2.75, 3.05) is 5.73 Å². The third kappa shape index (κ3) is 1.92. The summed E-state index contributed by atoms with van der Waals surface area (Å²) in [5, 5.41) is 4.34. The van der Waals surface area contributed by atoms with Crippen molar-refractivity contribution < 1.29 is 0 Å². The minimum atomic E-state index is 0.646. The van der Waals surface area contributed by atoms with Gasteiger partial charge in [0.1, 0.15) is 5.82 Å². The quantitative estimate of drug-likeness (QED) is 0.738. The molecule has 2 N–H and O–H groups in total. The Balaban J connectivity index is 1.87. The molecule has 0 amide bonds. The van der Waals surface area contributed by atoms with Crippen molar-refractivity contribution >= 4 is 28.1 Å². The van der Waals surface area contributed by atoms with E-state index >= 15 is 0 Å². The number of hydrogen-bond acceptors (Lipinski definition) is 3. The van der Waals surface area contributed by atoms with Gasteiger partial charge in [-0.1, -0.05) is 0 Å². The summed E-state index contributed by atoms with van der Waals surface area (Å²) in [5.41, 5.74) is 10.2. The predicted octanol–water partition coefficient (Wildman–Crippen LogP) is 3.61. The molecular weight excluding hydrogens is 254 g/mol. The van der Waals surface area contributed by atoms with E-state index in [1.165, 1.54) is 29.7 Å². The molecule has 0 radical (unpaired) electrons. The third-order valence-electron chi connectivity index (χ3n) is 3.67. The third-order valence-corrected chi connectivity index (χ3v) is 4.40. The molecule has 1 aliphatic rings. The topological polar surface area (TPSA) is 43.8 Å². The molecule has 3 nitrogen and oxygen atoms in total. The van der Waals surface area contributed by atoms with Gasteiger partial charge < -0.3 is 10.3 Å². The van der Waals surface area contributed by atoms with Crippen molar-refractivity contribution in [1.29, 1.82) is 0 Å². The van der Waals surface area contributed by atoms with Gasteiger partial charge in [-0.15, -0.1) is 0 Å². The van der Waals surface area contributed by atoms with Crippen LogP contribution >= 0.6 is 11.3 Å². The SMILES string of the molecule is Nc1ccc2c(c1)nc(C1CC1)n2Cc1ccsc1. The highest BCUT2D eigenvalue weighted by Crippen LogP contribution is 2.41. The molecule has 0 aliphatic heterocycles. The fraction of sp³-hybridized carbons (Fsp3) is 0.267. The molecule has 4 rings (SSSR count). The molecule has 4 heteroatoms. The van der Waals surface area contributed by atoms with E-state index in [0.29, 0.717) is 5.92 Å². The first-order valence-electron chi connectivity index (χ1n) is 6.58. The molecule has 0 bridgehead atoms. The number of nitrogens with two attached hydrogens (primary N) is 1. The molecule has 0 unspecified atom stereocenters. The van der Waals surface area contributed by atoms with E-state index < -0.39 is 0 Å². The lowest BCUT2D eigenvalue weighted by Crippen LogP contribution is -2.03. The largest absolute Gasteiger partial charge is 0.399 e.